The maximum absolute atomic E-state index is 5.83. The van der Waals surface area contributed by atoms with Gasteiger partial charge < -0.3 is 19.9 Å². The summed E-state index contributed by atoms with van der Waals surface area (Å²) in [7, 11) is 3.35. The van der Waals surface area contributed by atoms with Gasteiger partial charge in [-0.3, -0.25) is 4.90 Å². The van der Waals surface area contributed by atoms with Crippen molar-refractivity contribution in [2.75, 3.05) is 33.1 Å². The van der Waals surface area contributed by atoms with E-state index in [0.717, 1.165) is 48.6 Å². The molecule has 0 radical (unpaired) electrons. The molecule has 26 heavy (non-hydrogen) atoms. The Bertz CT molecular complexity index is 702. The minimum Gasteiger partial charge on any atom is -0.497 e. The van der Waals surface area contributed by atoms with Crippen LogP contribution in [0.5, 0.6) is 11.5 Å². The van der Waals surface area contributed by atoms with Crippen LogP contribution < -0.4 is 15.2 Å². The molecular formula is C19H26N4O3. The van der Waals surface area contributed by atoms with Crippen molar-refractivity contribution in [1.82, 2.24) is 14.9 Å². The summed E-state index contributed by atoms with van der Waals surface area (Å²) < 4.78 is 16.7. The molecule has 7 heteroatoms. The van der Waals surface area contributed by atoms with Gasteiger partial charge in [-0.05, 0) is 31.0 Å². The van der Waals surface area contributed by atoms with Gasteiger partial charge in [0.2, 0.25) is 5.95 Å². The topological polar surface area (TPSA) is 82.7 Å². The van der Waals surface area contributed by atoms with E-state index < -0.39 is 0 Å². The van der Waals surface area contributed by atoms with Crippen LogP contribution in [0.1, 0.15) is 24.0 Å². The summed E-state index contributed by atoms with van der Waals surface area (Å²) in [6.07, 6.45) is 6.00. The number of rotatable bonds is 8. The number of ether oxygens (including phenoxy) is 3. The second-order valence-corrected chi connectivity index (χ2v) is 6.43. The molecule has 1 saturated heterocycles. The molecule has 7 nitrogen and oxygen atoms in total. The molecule has 0 amide bonds. The second kappa shape index (κ2) is 8.82. The molecule has 0 spiro atoms. The molecule has 3 rings (SSSR count). The third kappa shape index (κ3) is 4.83. The fourth-order valence-electron chi connectivity index (χ4n) is 3.21. The van der Waals surface area contributed by atoms with Crippen LogP contribution in [0.2, 0.25) is 0 Å². The van der Waals surface area contributed by atoms with Crippen LogP contribution in [0.25, 0.3) is 0 Å². The highest BCUT2D eigenvalue weighted by Crippen LogP contribution is 2.26. The highest BCUT2D eigenvalue weighted by atomic mass is 16.5. The van der Waals surface area contributed by atoms with Crippen LogP contribution in [-0.4, -0.2) is 48.3 Å². The maximum Gasteiger partial charge on any atom is 0.219 e. The molecule has 1 fully saturated rings. The molecule has 2 heterocycles. The monoisotopic (exact) mass is 358 g/mol. The van der Waals surface area contributed by atoms with Gasteiger partial charge >= 0.3 is 0 Å². The highest BCUT2D eigenvalue weighted by Gasteiger charge is 2.21. The van der Waals surface area contributed by atoms with Gasteiger partial charge in [-0.25, -0.2) is 9.97 Å². The van der Waals surface area contributed by atoms with Crippen LogP contribution in [0.4, 0.5) is 5.95 Å². The molecule has 1 atom stereocenters. The molecule has 0 saturated carbocycles. The second-order valence-electron chi connectivity index (χ2n) is 6.43. The predicted octanol–water partition coefficient (Wildman–Crippen LogP) is 2.26. The number of nitrogens with zero attached hydrogens (tertiary/aromatic N) is 3. The normalized spacial score (nSPS) is 16.8. The van der Waals surface area contributed by atoms with E-state index in [0.29, 0.717) is 13.1 Å². The standard InChI is InChI=1S/C19H26N4O3/c1-24-16-5-6-18(25-2)15(8-16)12-23(13-17-4-3-7-26-17)11-14-9-21-19(20)22-10-14/h5-6,8-10,17H,3-4,7,11-13H2,1-2H3,(H2,20,21,22)/t17-/m1/s1. The van der Waals surface area contributed by atoms with E-state index in [2.05, 4.69) is 14.9 Å². The summed E-state index contributed by atoms with van der Waals surface area (Å²) in [6, 6.07) is 5.85. The van der Waals surface area contributed by atoms with Gasteiger partial charge in [0.25, 0.3) is 0 Å². The van der Waals surface area contributed by atoms with E-state index in [1.807, 2.05) is 18.2 Å². The number of anilines is 1. The fraction of sp³-hybridized carbons (Fsp3) is 0.474. The maximum atomic E-state index is 5.83. The Labute approximate surface area is 154 Å². The van der Waals surface area contributed by atoms with Crippen LogP contribution in [0.3, 0.4) is 0 Å². The average molecular weight is 358 g/mol. The lowest BCUT2D eigenvalue weighted by Gasteiger charge is -2.26. The Morgan fingerprint density at radius 2 is 2.00 bits per heavy atom. The van der Waals surface area contributed by atoms with Crippen molar-refractivity contribution >= 4 is 5.95 Å². The Morgan fingerprint density at radius 3 is 2.65 bits per heavy atom. The van der Waals surface area contributed by atoms with Crippen molar-refractivity contribution in [3.05, 3.63) is 41.7 Å². The lowest BCUT2D eigenvalue weighted by atomic mass is 10.1. The first kappa shape index (κ1) is 18.4. The zero-order valence-electron chi connectivity index (χ0n) is 15.4. The van der Waals surface area contributed by atoms with Gasteiger partial charge in [0.15, 0.2) is 0 Å². The summed E-state index contributed by atoms with van der Waals surface area (Å²) in [6.45, 7) is 3.10. The number of benzene rings is 1. The lowest BCUT2D eigenvalue weighted by Crippen LogP contribution is -2.31. The molecule has 1 aromatic carbocycles. The van der Waals surface area contributed by atoms with E-state index >= 15 is 0 Å². The predicted molar refractivity (Wildman–Crippen MR) is 99.1 cm³/mol. The first-order valence-corrected chi connectivity index (χ1v) is 8.79. The molecule has 1 aliphatic rings. The Morgan fingerprint density at radius 1 is 1.19 bits per heavy atom. The third-order valence-electron chi connectivity index (χ3n) is 4.50. The lowest BCUT2D eigenvalue weighted by molar-refractivity contribution is 0.0675. The molecule has 0 unspecified atom stereocenters. The summed E-state index contributed by atoms with van der Waals surface area (Å²) in [4.78, 5) is 10.5. The summed E-state index contributed by atoms with van der Waals surface area (Å²) in [5.74, 6) is 1.94. The molecule has 0 bridgehead atoms. The molecule has 1 aromatic heterocycles. The van der Waals surface area contributed by atoms with Crippen LogP contribution in [-0.2, 0) is 17.8 Å². The van der Waals surface area contributed by atoms with Crippen LogP contribution >= 0.6 is 0 Å². The van der Waals surface area contributed by atoms with Gasteiger partial charge in [-0.2, -0.15) is 0 Å². The smallest absolute Gasteiger partial charge is 0.219 e. The fourth-order valence-corrected chi connectivity index (χ4v) is 3.21. The van der Waals surface area contributed by atoms with Crippen molar-refractivity contribution in [1.29, 1.82) is 0 Å². The summed E-state index contributed by atoms with van der Waals surface area (Å²) in [5.41, 5.74) is 7.68. The van der Waals surface area contributed by atoms with Crippen molar-refractivity contribution < 1.29 is 14.2 Å². The summed E-state index contributed by atoms with van der Waals surface area (Å²) in [5, 5.41) is 0. The van der Waals surface area contributed by atoms with Crippen LogP contribution in [0, 0.1) is 0 Å². The van der Waals surface area contributed by atoms with E-state index in [9.17, 15) is 0 Å². The van der Waals surface area contributed by atoms with Crippen molar-refractivity contribution in [2.45, 2.75) is 32.0 Å². The molecule has 140 valence electrons. The van der Waals surface area contributed by atoms with E-state index in [4.69, 9.17) is 19.9 Å². The Kier molecular flexibility index (Phi) is 6.25. The largest absolute Gasteiger partial charge is 0.497 e. The first-order chi connectivity index (χ1) is 12.7. The third-order valence-corrected chi connectivity index (χ3v) is 4.50. The number of hydrogen-bond acceptors (Lipinski definition) is 7. The molecule has 2 aromatic rings. The van der Waals surface area contributed by atoms with Gasteiger partial charge in [-0.15, -0.1) is 0 Å². The van der Waals surface area contributed by atoms with Gasteiger partial charge in [0.05, 0.1) is 20.3 Å². The SMILES string of the molecule is COc1ccc(OC)c(CN(Cc2cnc(N)nc2)C[C@H]2CCCO2)c1. The Hall–Kier alpha value is -2.38. The number of aromatic nitrogens is 2. The zero-order chi connectivity index (χ0) is 18.4. The van der Waals surface area contributed by atoms with Gasteiger partial charge in [0, 0.05) is 49.8 Å². The van der Waals surface area contributed by atoms with Crippen molar-refractivity contribution in [3.63, 3.8) is 0 Å². The number of nitrogen functional groups attached to an aromatic ring is 1. The number of methoxy groups -OCH3 is 2. The van der Waals surface area contributed by atoms with E-state index in [1.165, 1.54) is 0 Å². The molecule has 0 aliphatic carbocycles. The Balaban J connectivity index is 1.79. The quantitative estimate of drug-likeness (QED) is 0.775. The number of nitrogens with two attached hydrogens (primary N) is 1. The first-order valence-electron chi connectivity index (χ1n) is 8.79. The van der Waals surface area contributed by atoms with Crippen molar-refractivity contribution in [2.24, 2.45) is 0 Å². The molecular weight excluding hydrogens is 332 g/mol. The average Bonchev–Trinajstić information content (AvgIpc) is 3.16. The zero-order valence-corrected chi connectivity index (χ0v) is 15.4. The summed E-state index contributed by atoms with van der Waals surface area (Å²) >= 11 is 0. The highest BCUT2D eigenvalue weighted by molar-refractivity contribution is 5.40. The molecule has 2 N–H and O–H groups in total. The van der Waals surface area contributed by atoms with E-state index in [-0.39, 0.29) is 12.1 Å². The van der Waals surface area contributed by atoms with Crippen molar-refractivity contribution in [3.8, 4) is 11.5 Å². The minimum atomic E-state index is 0.251. The minimum absolute atomic E-state index is 0.251. The molecule has 1 aliphatic heterocycles. The van der Waals surface area contributed by atoms with Gasteiger partial charge in [0.1, 0.15) is 11.5 Å². The number of hydrogen-bond donors (Lipinski definition) is 1. The van der Waals surface area contributed by atoms with Crippen LogP contribution in [0.15, 0.2) is 30.6 Å². The van der Waals surface area contributed by atoms with Gasteiger partial charge in [-0.1, -0.05) is 0 Å². The van der Waals surface area contributed by atoms with E-state index in [1.54, 1.807) is 26.6 Å².